The molecule has 1 saturated carbocycles. The standard InChI is InChI=1S/C17H24N2O/c18-16(14-7-2-1-3-8-14)17(20)19-11-10-13-6-4-5-9-15(13)12-19/h4-6,9,14,16H,1-3,7-8,10-12,18H2/t16-/m0/s1. The molecule has 1 amide bonds. The number of nitrogens with two attached hydrogens (primary N) is 1. The van der Waals surface area contributed by atoms with E-state index in [1.807, 2.05) is 11.0 Å². The zero-order chi connectivity index (χ0) is 13.9. The molecule has 2 aliphatic rings. The van der Waals surface area contributed by atoms with Crippen molar-refractivity contribution in [3.63, 3.8) is 0 Å². The van der Waals surface area contributed by atoms with Crippen LogP contribution in [0.15, 0.2) is 24.3 Å². The highest BCUT2D eigenvalue weighted by molar-refractivity contribution is 5.82. The molecule has 20 heavy (non-hydrogen) atoms. The molecular formula is C17H24N2O. The molecule has 0 radical (unpaired) electrons. The summed E-state index contributed by atoms with van der Waals surface area (Å²) in [5.74, 6) is 0.555. The monoisotopic (exact) mass is 272 g/mol. The van der Waals surface area contributed by atoms with Gasteiger partial charge >= 0.3 is 0 Å². The molecule has 1 fully saturated rings. The molecule has 108 valence electrons. The van der Waals surface area contributed by atoms with Crippen LogP contribution in [-0.4, -0.2) is 23.4 Å². The third-order valence-corrected chi connectivity index (χ3v) is 4.89. The minimum atomic E-state index is -0.291. The van der Waals surface area contributed by atoms with Gasteiger partial charge in [0.2, 0.25) is 5.91 Å². The minimum Gasteiger partial charge on any atom is -0.337 e. The summed E-state index contributed by atoms with van der Waals surface area (Å²) in [6.45, 7) is 1.55. The Hall–Kier alpha value is -1.35. The molecule has 0 unspecified atom stereocenters. The van der Waals surface area contributed by atoms with Gasteiger partial charge in [0, 0.05) is 13.1 Å². The Morgan fingerprint density at radius 1 is 1.15 bits per heavy atom. The quantitative estimate of drug-likeness (QED) is 0.899. The summed E-state index contributed by atoms with van der Waals surface area (Å²) in [6, 6.07) is 8.12. The first-order valence-corrected chi connectivity index (χ1v) is 7.87. The lowest BCUT2D eigenvalue weighted by Gasteiger charge is -2.34. The molecule has 1 aromatic rings. The highest BCUT2D eigenvalue weighted by Crippen LogP contribution is 2.27. The maximum Gasteiger partial charge on any atom is 0.240 e. The van der Waals surface area contributed by atoms with E-state index in [1.54, 1.807) is 0 Å². The van der Waals surface area contributed by atoms with Gasteiger partial charge in [-0.05, 0) is 36.3 Å². The van der Waals surface area contributed by atoms with Crippen molar-refractivity contribution >= 4 is 5.91 Å². The predicted molar refractivity (Wildman–Crippen MR) is 80.1 cm³/mol. The molecule has 3 heteroatoms. The molecule has 1 atom stereocenters. The molecule has 1 aromatic carbocycles. The number of carbonyl (C=O) groups is 1. The van der Waals surface area contributed by atoms with Gasteiger partial charge in [-0.3, -0.25) is 4.79 Å². The lowest BCUT2D eigenvalue weighted by Crippen LogP contribution is -2.49. The van der Waals surface area contributed by atoms with E-state index in [4.69, 9.17) is 5.73 Å². The van der Waals surface area contributed by atoms with Crippen LogP contribution in [-0.2, 0) is 17.8 Å². The summed E-state index contributed by atoms with van der Waals surface area (Å²) >= 11 is 0. The van der Waals surface area contributed by atoms with Crippen molar-refractivity contribution in [2.75, 3.05) is 6.54 Å². The van der Waals surface area contributed by atoms with Gasteiger partial charge in [0.25, 0.3) is 0 Å². The topological polar surface area (TPSA) is 46.3 Å². The smallest absolute Gasteiger partial charge is 0.240 e. The molecule has 0 aromatic heterocycles. The largest absolute Gasteiger partial charge is 0.337 e. The zero-order valence-electron chi connectivity index (χ0n) is 12.1. The Morgan fingerprint density at radius 3 is 2.60 bits per heavy atom. The van der Waals surface area contributed by atoms with Gasteiger partial charge in [-0.1, -0.05) is 43.5 Å². The first-order chi connectivity index (χ1) is 9.75. The molecular weight excluding hydrogens is 248 g/mol. The van der Waals surface area contributed by atoms with Crippen molar-refractivity contribution in [1.82, 2.24) is 4.90 Å². The Kier molecular flexibility index (Phi) is 4.06. The number of rotatable bonds is 2. The van der Waals surface area contributed by atoms with Gasteiger partial charge in [-0.15, -0.1) is 0 Å². The van der Waals surface area contributed by atoms with E-state index in [0.29, 0.717) is 5.92 Å². The molecule has 0 bridgehead atoms. The highest BCUT2D eigenvalue weighted by Gasteiger charge is 2.30. The van der Waals surface area contributed by atoms with Crippen molar-refractivity contribution in [1.29, 1.82) is 0 Å². The van der Waals surface area contributed by atoms with Crippen LogP contribution in [0.2, 0.25) is 0 Å². The molecule has 3 nitrogen and oxygen atoms in total. The number of amides is 1. The highest BCUT2D eigenvalue weighted by atomic mass is 16.2. The first-order valence-electron chi connectivity index (χ1n) is 7.87. The van der Waals surface area contributed by atoms with Crippen molar-refractivity contribution in [2.45, 2.75) is 51.1 Å². The summed E-state index contributed by atoms with van der Waals surface area (Å²) in [5, 5.41) is 0. The van der Waals surface area contributed by atoms with E-state index in [9.17, 15) is 4.79 Å². The number of hydrogen-bond donors (Lipinski definition) is 1. The Bertz CT molecular complexity index is 480. The maximum absolute atomic E-state index is 12.6. The summed E-state index contributed by atoms with van der Waals surface area (Å²) in [6.07, 6.45) is 6.96. The van der Waals surface area contributed by atoms with Crippen molar-refractivity contribution in [3.8, 4) is 0 Å². The predicted octanol–water partition coefficient (Wildman–Crippen LogP) is 2.48. The number of fused-ring (bicyclic) bond motifs is 1. The van der Waals surface area contributed by atoms with E-state index in [0.717, 1.165) is 32.4 Å². The van der Waals surface area contributed by atoms with Crippen LogP contribution in [0.1, 0.15) is 43.2 Å². The lowest BCUT2D eigenvalue weighted by atomic mass is 9.83. The maximum atomic E-state index is 12.6. The second-order valence-corrected chi connectivity index (χ2v) is 6.20. The molecule has 3 rings (SSSR count). The summed E-state index contributed by atoms with van der Waals surface area (Å²) in [7, 11) is 0. The van der Waals surface area contributed by atoms with Gasteiger partial charge in [-0.2, -0.15) is 0 Å². The number of hydrogen-bond acceptors (Lipinski definition) is 2. The Morgan fingerprint density at radius 2 is 1.85 bits per heavy atom. The molecule has 0 saturated heterocycles. The summed E-state index contributed by atoms with van der Waals surface area (Å²) < 4.78 is 0. The van der Waals surface area contributed by atoms with E-state index in [-0.39, 0.29) is 11.9 Å². The normalized spacial score (nSPS) is 21.4. The number of nitrogens with zero attached hydrogens (tertiary/aromatic N) is 1. The lowest BCUT2D eigenvalue weighted by molar-refractivity contribution is -0.135. The summed E-state index contributed by atoms with van der Waals surface area (Å²) in [5.41, 5.74) is 8.91. The van der Waals surface area contributed by atoms with Gasteiger partial charge in [0.15, 0.2) is 0 Å². The van der Waals surface area contributed by atoms with Crippen molar-refractivity contribution in [3.05, 3.63) is 35.4 Å². The molecule has 1 aliphatic carbocycles. The van der Waals surface area contributed by atoms with Gasteiger partial charge in [0.05, 0.1) is 6.04 Å². The molecule has 1 heterocycles. The van der Waals surface area contributed by atoms with E-state index in [2.05, 4.69) is 18.2 Å². The van der Waals surface area contributed by atoms with Crippen LogP contribution in [0.25, 0.3) is 0 Å². The molecule has 0 spiro atoms. The second kappa shape index (κ2) is 5.96. The third-order valence-electron chi connectivity index (χ3n) is 4.89. The minimum absolute atomic E-state index is 0.159. The SMILES string of the molecule is N[C@H](C(=O)N1CCc2ccccc2C1)C1CCCCC1. The van der Waals surface area contributed by atoms with Crippen molar-refractivity contribution in [2.24, 2.45) is 11.7 Å². The fraction of sp³-hybridized carbons (Fsp3) is 0.588. The Labute approximate surface area is 121 Å². The van der Waals surface area contributed by atoms with E-state index < -0.39 is 0 Å². The summed E-state index contributed by atoms with van der Waals surface area (Å²) in [4.78, 5) is 14.6. The fourth-order valence-electron chi connectivity index (χ4n) is 3.59. The number of carbonyl (C=O) groups excluding carboxylic acids is 1. The third kappa shape index (κ3) is 2.73. The molecule has 2 N–H and O–H groups in total. The van der Waals surface area contributed by atoms with Crippen LogP contribution >= 0.6 is 0 Å². The zero-order valence-corrected chi connectivity index (χ0v) is 12.1. The van der Waals surface area contributed by atoms with Crippen LogP contribution < -0.4 is 5.73 Å². The second-order valence-electron chi connectivity index (χ2n) is 6.20. The fourth-order valence-corrected chi connectivity index (χ4v) is 3.59. The van der Waals surface area contributed by atoms with Crippen molar-refractivity contribution < 1.29 is 4.79 Å². The number of benzene rings is 1. The Balaban J connectivity index is 1.66. The van der Waals surface area contributed by atoms with Gasteiger partial charge in [0.1, 0.15) is 0 Å². The van der Waals surface area contributed by atoms with Gasteiger partial charge < -0.3 is 10.6 Å². The average molecular weight is 272 g/mol. The van der Waals surface area contributed by atoms with E-state index >= 15 is 0 Å². The average Bonchev–Trinajstić information content (AvgIpc) is 2.54. The van der Waals surface area contributed by atoms with Crippen LogP contribution in [0, 0.1) is 5.92 Å². The van der Waals surface area contributed by atoms with E-state index in [1.165, 1.54) is 30.4 Å². The molecule has 1 aliphatic heterocycles. The van der Waals surface area contributed by atoms with Crippen LogP contribution in [0.3, 0.4) is 0 Å². The van der Waals surface area contributed by atoms with Gasteiger partial charge in [-0.25, -0.2) is 0 Å². The first kappa shape index (κ1) is 13.6. The van der Waals surface area contributed by atoms with Crippen LogP contribution in [0.5, 0.6) is 0 Å². The van der Waals surface area contributed by atoms with Crippen LogP contribution in [0.4, 0.5) is 0 Å².